The van der Waals surface area contributed by atoms with Crippen LogP contribution in [0.25, 0.3) is 0 Å². The minimum absolute atomic E-state index is 0.187. The van der Waals surface area contributed by atoms with Crippen LogP contribution >= 0.6 is 0 Å². The van der Waals surface area contributed by atoms with E-state index in [4.69, 9.17) is 4.74 Å². The number of aliphatic imine (C=N–C) groups is 1. The molecule has 2 aromatic rings. The highest BCUT2D eigenvalue weighted by Gasteiger charge is 2.67. The maximum absolute atomic E-state index is 14.0. The Hall–Kier alpha value is -3.36. The number of hydrogen-bond acceptors (Lipinski definition) is 4. The first-order chi connectivity index (χ1) is 13.7. The van der Waals surface area contributed by atoms with Crippen LogP contribution in [0.3, 0.4) is 0 Å². The van der Waals surface area contributed by atoms with E-state index in [2.05, 4.69) is 4.99 Å². The number of amides is 2. The van der Waals surface area contributed by atoms with Gasteiger partial charge in [-0.1, -0.05) is 48.5 Å². The maximum atomic E-state index is 14.0. The molecule has 0 saturated carbocycles. The standard InChI is InChI=1S/C20H18F3N3O3/c1-13(27)24-19(20(21,22)23)18(28)26(12-15-10-6-7-11-16(15)29-2)17(25-19)14-8-4-3-5-9-14/h3-11H,12H2,1-2H3,(H,24,27). The van der Waals surface area contributed by atoms with Gasteiger partial charge in [-0.05, 0) is 6.07 Å². The third kappa shape index (κ3) is 3.67. The predicted molar refractivity (Wildman–Crippen MR) is 99.1 cm³/mol. The molecule has 2 amide bonds. The lowest BCUT2D eigenvalue weighted by Crippen LogP contribution is -2.63. The highest BCUT2D eigenvalue weighted by molar-refractivity contribution is 6.16. The van der Waals surface area contributed by atoms with Crippen molar-refractivity contribution in [2.24, 2.45) is 4.99 Å². The summed E-state index contributed by atoms with van der Waals surface area (Å²) in [4.78, 5) is 29.2. The van der Waals surface area contributed by atoms with E-state index < -0.39 is 23.7 Å². The number of amidine groups is 1. The summed E-state index contributed by atoms with van der Waals surface area (Å²) in [5, 5.41) is 1.72. The van der Waals surface area contributed by atoms with Gasteiger partial charge in [0.2, 0.25) is 5.91 Å². The Kier molecular flexibility index (Phi) is 5.32. The van der Waals surface area contributed by atoms with Crippen molar-refractivity contribution in [3.63, 3.8) is 0 Å². The van der Waals surface area contributed by atoms with Crippen LogP contribution in [-0.2, 0) is 16.1 Å². The number of nitrogens with one attached hydrogen (secondary N) is 1. The Morgan fingerprint density at radius 2 is 1.76 bits per heavy atom. The number of carbonyl (C=O) groups excluding carboxylic acids is 2. The number of hydrogen-bond donors (Lipinski definition) is 1. The Bertz CT molecular complexity index is 960. The van der Waals surface area contributed by atoms with Gasteiger partial charge in [0.15, 0.2) is 0 Å². The molecule has 0 radical (unpaired) electrons. The number of para-hydroxylation sites is 1. The zero-order valence-corrected chi connectivity index (χ0v) is 15.7. The van der Waals surface area contributed by atoms with Gasteiger partial charge in [0.05, 0.1) is 13.7 Å². The van der Waals surface area contributed by atoms with Gasteiger partial charge in [0.1, 0.15) is 11.6 Å². The molecule has 1 aliphatic rings. The van der Waals surface area contributed by atoms with Crippen molar-refractivity contribution in [1.29, 1.82) is 0 Å². The van der Waals surface area contributed by atoms with Gasteiger partial charge in [-0.25, -0.2) is 4.99 Å². The topological polar surface area (TPSA) is 71.0 Å². The summed E-state index contributed by atoms with van der Waals surface area (Å²) in [6.07, 6.45) is -5.13. The number of ether oxygens (including phenoxy) is 1. The van der Waals surface area contributed by atoms with Gasteiger partial charge in [0.25, 0.3) is 5.91 Å². The number of halogens is 3. The lowest BCUT2D eigenvalue weighted by molar-refractivity contribution is -0.200. The number of benzene rings is 2. The largest absolute Gasteiger partial charge is 0.496 e. The Morgan fingerprint density at radius 1 is 1.14 bits per heavy atom. The minimum Gasteiger partial charge on any atom is -0.496 e. The summed E-state index contributed by atoms with van der Waals surface area (Å²) in [5.41, 5.74) is -2.58. The van der Waals surface area contributed by atoms with Crippen molar-refractivity contribution >= 4 is 17.6 Å². The van der Waals surface area contributed by atoms with Crippen molar-refractivity contribution < 1.29 is 27.5 Å². The van der Waals surface area contributed by atoms with E-state index in [0.29, 0.717) is 16.9 Å². The second-order valence-corrected chi connectivity index (χ2v) is 6.39. The van der Waals surface area contributed by atoms with E-state index >= 15 is 0 Å². The fourth-order valence-electron chi connectivity index (χ4n) is 3.11. The molecule has 1 aliphatic heterocycles. The fourth-order valence-corrected chi connectivity index (χ4v) is 3.11. The van der Waals surface area contributed by atoms with Gasteiger partial charge >= 0.3 is 11.8 Å². The van der Waals surface area contributed by atoms with Gasteiger partial charge in [0, 0.05) is 18.1 Å². The first kappa shape index (κ1) is 20.4. The monoisotopic (exact) mass is 405 g/mol. The van der Waals surface area contributed by atoms with Crippen LogP contribution in [0.4, 0.5) is 13.2 Å². The van der Waals surface area contributed by atoms with E-state index in [1.54, 1.807) is 59.9 Å². The molecule has 9 heteroatoms. The molecule has 0 aromatic heterocycles. The van der Waals surface area contributed by atoms with Gasteiger partial charge in [-0.15, -0.1) is 0 Å². The SMILES string of the molecule is COc1ccccc1CN1C(=O)C(NC(C)=O)(C(F)(F)F)N=C1c1ccccc1. The van der Waals surface area contributed by atoms with Crippen LogP contribution in [0.1, 0.15) is 18.1 Å². The van der Waals surface area contributed by atoms with Gasteiger partial charge in [-0.3, -0.25) is 14.5 Å². The zero-order chi connectivity index (χ0) is 21.2. The summed E-state index contributed by atoms with van der Waals surface area (Å²) >= 11 is 0. The van der Waals surface area contributed by atoms with E-state index in [9.17, 15) is 22.8 Å². The molecule has 152 valence electrons. The number of rotatable bonds is 5. The average molecular weight is 405 g/mol. The molecule has 2 aromatic carbocycles. The van der Waals surface area contributed by atoms with Crippen LogP contribution in [0.15, 0.2) is 59.6 Å². The predicted octanol–water partition coefficient (Wildman–Crippen LogP) is 2.88. The molecule has 29 heavy (non-hydrogen) atoms. The van der Waals surface area contributed by atoms with Crippen molar-refractivity contribution in [3.05, 3.63) is 65.7 Å². The third-order valence-corrected chi connectivity index (χ3v) is 4.40. The molecule has 3 rings (SSSR count). The second kappa shape index (κ2) is 7.57. The summed E-state index contributed by atoms with van der Waals surface area (Å²) in [6, 6.07) is 14.7. The second-order valence-electron chi connectivity index (χ2n) is 6.39. The van der Waals surface area contributed by atoms with Crippen LogP contribution in [-0.4, -0.2) is 41.5 Å². The molecular weight excluding hydrogens is 387 g/mol. The Morgan fingerprint density at radius 3 is 2.34 bits per heavy atom. The molecule has 1 unspecified atom stereocenters. The van der Waals surface area contributed by atoms with Crippen LogP contribution < -0.4 is 10.1 Å². The van der Waals surface area contributed by atoms with Crippen molar-refractivity contribution in [2.75, 3.05) is 7.11 Å². The first-order valence-electron chi connectivity index (χ1n) is 8.64. The number of carbonyl (C=O) groups is 2. The van der Waals surface area contributed by atoms with Crippen LogP contribution in [0.2, 0.25) is 0 Å². The van der Waals surface area contributed by atoms with Gasteiger partial charge < -0.3 is 10.1 Å². The average Bonchev–Trinajstić information content (AvgIpc) is 2.95. The van der Waals surface area contributed by atoms with E-state index in [0.717, 1.165) is 11.8 Å². The smallest absolute Gasteiger partial charge is 0.442 e. The Labute approximate surface area is 165 Å². The number of alkyl halides is 3. The summed E-state index contributed by atoms with van der Waals surface area (Å²) in [5.74, 6) is -2.18. The van der Waals surface area contributed by atoms with Crippen molar-refractivity contribution in [3.8, 4) is 5.75 Å². The Balaban J connectivity index is 2.15. The van der Waals surface area contributed by atoms with E-state index in [1.807, 2.05) is 0 Å². The zero-order valence-electron chi connectivity index (χ0n) is 15.7. The molecule has 0 aliphatic carbocycles. The molecule has 0 fully saturated rings. The molecule has 1 atom stereocenters. The lowest BCUT2D eigenvalue weighted by atomic mass is 10.1. The highest BCUT2D eigenvalue weighted by atomic mass is 19.4. The lowest BCUT2D eigenvalue weighted by Gasteiger charge is -2.28. The van der Waals surface area contributed by atoms with Crippen LogP contribution in [0, 0.1) is 0 Å². The summed E-state index contributed by atoms with van der Waals surface area (Å²) in [7, 11) is 1.42. The van der Waals surface area contributed by atoms with Crippen LogP contribution in [0.5, 0.6) is 5.75 Å². The van der Waals surface area contributed by atoms with Crippen molar-refractivity contribution in [2.45, 2.75) is 25.3 Å². The number of methoxy groups -OCH3 is 1. The summed E-state index contributed by atoms with van der Waals surface area (Å²) in [6.45, 7) is 0.690. The molecule has 0 bridgehead atoms. The minimum atomic E-state index is -5.13. The quantitative estimate of drug-likeness (QED) is 0.832. The molecule has 6 nitrogen and oxygen atoms in total. The van der Waals surface area contributed by atoms with E-state index in [1.165, 1.54) is 7.11 Å². The molecule has 0 saturated heterocycles. The highest BCUT2D eigenvalue weighted by Crippen LogP contribution is 2.39. The molecule has 0 spiro atoms. The maximum Gasteiger partial charge on any atom is 0.442 e. The fraction of sp³-hybridized carbons (Fsp3) is 0.250. The first-order valence-corrected chi connectivity index (χ1v) is 8.64. The van der Waals surface area contributed by atoms with Crippen molar-refractivity contribution in [1.82, 2.24) is 10.2 Å². The normalized spacial score (nSPS) is 19.1. The molecule has 1 heterocycles. The molecule has 1 N–H and O–H groups in total. The third-order valence-electron chi connectivity index (χ3n) is 4.40. The molecular formula is C20H18F3N3O3. The summed E-state index contributed by atoms with van der Waals surface area (Å²) < 4.78 is 47.2. The van der Waals surface area contributed by atoms with Gasteiger partial charge in [-0.2, -0.15) is 13.2 Å². The van der Waals surface area contributed by atoms with E-state index in [-0.39, 0.29) is 12.4 Å². The number of nitrogens with zero attached hydrogens (tertiary/aromatic N) is 2.